The van der Waals surface area contributed by atoms with Crippen LogP contribution in [0.4, 0.5) is 11.5 Å². The Morgan fingerprint density at radius 3 is 2.88 bits per heavy atom. The lowest BCUT2D eigenvalue weighted by atomic mass is 10.2. The molecule has 0 aliphatic rings. The Morgan fingerprint density at radius 2 is 2.29 bits per heavy atom. The molecule has 2 aromatic heterocycles. The molecule has 0 saturated carbocycles. The Morgan fingerprint density at radius 1 is 1.53 bits per heavy atom. The van der Waals surface area contributed by atoms with E-state index in [9.17, 15) is 9.90 Å². The van der Waals surface area contributed by atoms with Crippen molar-refractivity contribution in [2.75, 3.05) is 11.1 Å². The summed E-state index contributed by atoms with van der Waals surface area (Å²) in [4.78, 5) is 15.5. The second-order valence-corrected chi connectivity index (χ2v) is 3.42. The highest BCUT2D eigenvalue weighted by molar-refractivity contribution is 6.06. The standard InChI is InChI=1S/C10H11N5O2/c1-15-9(7(11)4-13-15)14-10(17)6-2-3-12-5-8(6)16/h2-5,16H,11H2,1H3,(H,14,17). The first-order valence-electron chi connectivity index (χ1n) is 4.81. The van der Waals surface area contributed by atoms with Crippen LogP contribution in [0.1, 0.15) is 10.4 Å². The number of nitrogens with one attached hydrogen (secondary N) is 1. The van der Waals surface area contributed by atoms with Crippen molar-refractivity contribution in [2.24, 2.45) is 7.05 Å². The zero-order valence-corrected chi connectivity index (χ0v) is 9.08. The molecule has 2 aromatic rings. The van der Waals surface area contributed by atoms with Gasteiger partial charge in [-0.2, -0.15) is 5.10 Å². The predicted molar refractivity (Wildman–Crippen MR) is 61.5 cm³/mol. The highest BCUT2D eigenvalue weighted by Crippen LogP contribution is 2.19. The number of carbonyl (C=O) groups is 1. The largest absolute Gasteiger partial charge is 0.505 e. The second kappa shape index (κ2) is 4.12. The van der Waals surface area contributed by atoms with Crippen LogP contribution in [0.5, 0.6) is 5.75 Å². The van der Waals surface area contributed by atoms with E-state index in [1.165, 1.54) is 29.3 Å². The van der Waals surface area contributed by atoms with Gasteiger partial charge >= 0.3 is 0 Å². The van der Waals surface area contributed by atoms with Crippen molar-refractivity contribution >= 4 is 17.4 Å². The normalized spacial score (nSPS) is 10.2. The Kier molecular flexibility index (Phi) is 2.65. The number of aryl methyl sites for hydroxylation is 1. The molecule has 17 heavy (non-hydrogen) atoms. The first kappa shape index (κ1) is 10.9. The Bertz CT molecular complexity index is 544. The number of hydrogen-bond acceptors (Lipinski definition) is 5. The number of nitrogens with two attached hydrogens (primary N) is 1. The maximum Gasteiger partial charge on any atom is 0.260 e. The first-order valence-corrected chi connectivity index (χ1v) is 4.81. The summed E-state index contributed by atoms with van der Waals surface area (Å²) in [6.07, 6.45) is 4.05. The number of carbonyl (C=O) groups excluding carboxylic acids is 1. The van der Waals surface area contributed by atoms with E-state index in [0.29, 0.717) is 11.5 Å². The van der Waals surface area contributed by atoms with Gasteiger partial charge in [-0.05, 0) is 6.07 Å². The molecule has 0 radical (unpaired) electrons. The summed E-state index contributed by atoms with van der Waals surface area (Å²) in [5.41, 5.74) is 6.11. The lowest BCUT2D eigenvalue weighted by Gasteiger charge is -2.07. The zero-order valence-electron chi connectivity index (χ0n) is 9.08. The molecule has 7 nitrogen and oxygen atoms in total. The third-order valence-corrected chi connectivity index (χ3v) is 2.24. The lowest BCUT2D eigenvalue weighted by molar-refractivity contribution is 0.102. The Hall–Kier alpha value is -2.57. The monoisotopic (exact) mass is 233 g/mol. The van der Waals surface area contributed by atoms with Crippen LogP contribution in [0, 0.1) is 0 Å². The van der Waals surface area contributed by atoms with Gasteiger partial charge in [-0.3, -0.25) is 14.5 Å². The summed E-state index contributed by atoms with van der Waals surface area (Å²) >= 11 is 0. The second-order valence-electron chi connectivity index (χ2n) is 3.42. The van der Waals surface area contributed by atoms with Crippen LogP contribution in [-0.2, 0) is 7.05 Å². The maximum absolute atomic E-state index is 11.8. The van der Waals surface area contributed by atoms with E-state index in [0.717, 1.165) is 0 Å². The van der Waals surface area contributed by atoms with Gasteiger partial charge in [-0.25, -0.2) is 0 Å². The molecule has 0 aliphatic carbocycles. The Balaban J connectivity index is 2.27. The van der Waals surface area contributed by atoms with E-state index < -0.39 is 5.91 Å². The molecule has 0 aliphatic heterocycles. The Labute approximate surface area is 96.9 Å². The molecule has 0 unspecified atom stereocenters. The van der Waals surface area contributed by atoms with Crippen molar-refractivity contribution in [3.63, 3.8) is 0 Å². The van der Waals surface area contributed by atoms with E-state index in [2.05, 4.69) is 15.4 Å². The van der Waals surface area contributed by atoms with Crippen molar-refractivity contribution in [3.8, 4) is 5.75 Å². The quantitative estimate of drug-likeness (QED) is 0.694. The van der Waals surface area contributed by atoms with Gasteiger partial charge < -0.3 is 16.2 Å². The molecule has 0 saturated heterocycles. The fourth-order valence-corrected chi connectivity index (χ4v) is 1.36. The smallest absolute Gasteiger partial charge is 0.260 e. The molecular formula is C10H11N5O2. The minimum Gasteiger partial charge on any atom is -0.505 e. The molecule has 0 fully saturated rings. The van der Waals surface area contributed by atoms with Gasteiger partial charge in [0.25, 0.3) is 5.91 Å². The maximum atomic E-state index is 11.8. The van der Waals surface area contributed by atoms with Gasteiger partial charge in [0.15, 0.2) is 5.82 Å². The van der Waals surface area contributed by atoms with Crippen molar-refractivity contribution < 1.29 is 9.90 Å². The van der Waals surface area contributed by atoms with Crippen LogP contribution in [0.3, 0.4) is 0 Å². The van der Waals surface area contributed by atoms with E-state index in [1.54, 1.807) is 7.05 Å². The molecule has 2 heterocycles. The molecule has 2 rings (SSSR count). The van der Waals surface area contributed by atoms with Gasteiger partial charge in [-0.1, -0.05) is 0 Å². The van der Waals surface area contributed by atoms with Crippen molar-refractivity contribution in [1.29, 1.82) is 0 Å². The average Bonchev–Trinajstić information content (AvgIpc) is 2.61. The van der Waals surface area contributed by atoms with E-state index in [4.69, 9.17) is 5.73 Å². The lowest BCUT2D eigenvalue weighted by Crippen LogP contribution is -2.15. The third-order valence-electron chi connectivity index (χ3n) is 2.24. The highest BCUT2D eigenvalue weighted by atomic mass is 16.3. The van der Waals surface area contributed by atoms with Gasteiger partial charge in [0, 0.05) is 13.2 Å². The molecule has 1 amide bonds. The van der Waals surface area contributed by atoms with Gasteiger partial charge in [-0.15, -0.1) is 0 Å². The molecule has 4 N–H and O–H groups in total. The predicted octanol–water partition coefficient (Wildman–Crippen LogP) is 0.355. The molecule has 0 spiro atoms. The van der Waals surface area contributed by atoms with Crippen molar-refractivity contribution in [2.45, 2.75) is 0 Å². The van der Waals surface area contributed by atoms with Crippen LogP contribution in [0.2, 0.25) is 0 Å². The third kappa shape index (κ3) is 2.03. The summed E-state index contributed by atoms with van der Waals surface area (Å²) in [5.74, 6) is -0.280. The van der Waals surface area contributed by atoms with Gasteiger partial charge in [0.05, 0.1) is 23.6 Å². The number of aromatic nitrogens is 3. The van der Waals surface area contributed by atoms with E-state index in [-0.39, 0.29) is 11.3 Å². The van der Waals surface area contributed by atoms with Crippen molar-refractivity contribution in [3.05, 3.63) is 30.2 Å². The molecule has 88 valence electrons. The summed E-state index contributed by atoms with van der Waals surface area (Å²) in [7, 11) is 1.65. The zero-order chi connectivity index (χ0) is 12.4. The summed E-state index contributed by atoms with van der Waals surface area (Å²) in [5, 5.41) is 15.9. The number of pyridine rings is 1. The summed E-state index contributed by atoms with van der Waals surface area (Å²) in [6.45, 7) is 0. The molecular weight excluding hydrogens is 222 g/mol. The number of rotatable bonds is 2. The minimum atomic E-state index is -0.472. The van der Waals surface area contributed by atoms with Crippen molar-refractivity contribution in [1.82, 2.24) is 14.8 Å². The molecule has 0 bridgehead atoms. The van der Waals surface area contributed by atoms with E-state index in [1.807, 2.05) is 0 Å². The van der Waals surface area contributed by atoms with Gasteiger partial charge in [0.2, 0.25) is 0 Å². The molecule has 7 heteroatoms. The topological polar surface area (TPSA) is 106 Å². The number of aromatic hydroxyl groups is 1. The SMILES string of the molecule is Cn1ncc(N)c1NC(=O)c1ccncc1O. The number of hydrogen-bond donors (Lipinski definition) is 3. The first-order chi connectivity index (χ1) is 8.09. The molecule has 0 aromatic carbocycles. The number of nitrogens with zero attached hydrogens (tertiary/aromatic N) is 3. The highest BCUT2D eigenvalue weighted by Gasteiger charge is 2.14. The number of anilines is 2. The van der Waals surface area contributed by atoms with Crippen LogP contribution < -0.4 is 11.1 Å². The molecule has 0 atom stereocenters. The summed E-state index contributed by atoms with van der Waals surface area (Å²) < 4.78 is 1.44. The summed E-state index contributed by atoms with van der Waals surface area (Å²) in [6, 6.07) is 1.41. The fourth-order valence-electron chi connectivity index (χ4n) is 1.36. The number of nitrogen functional groups attached to an aromatic ring is 1. The van der Waals surface area contributed by atoms with Gasteiger partial charge in [0.1, 0.15) is 5.75 Å². The minimum absolute atomic E-state index is 0.126. The van der Waals surface area contributed by atoms with E-state index >= 15 is 0 Å². The number of amides is 1. The fraction of sp³-hybridized carbons (Fsp3) is 0.100. The van der Waals surface area contributed by atoms with Crippen LogP contribution in [0.15, 0.2) is 24.7 Å². The average molecular weight is 233 g/mol. The van der Waals surface area contributed by atoms with Crippen LogP contribution >= 0.6 is 0 Å². The van der Waals surface area contributed by atoms with Crippen LogP contribution in [0.25, 0.3) is 0 Å². The van der Waals surface area contributed by atoms with Crippen LogP contribution in [-0.4, -0.2) is 25.8 Å².